The number of sulfonamides is 1. The van der Waals surface area contributed by atoms with Crippen LogP contribution in [0, 0.1) is 12.7 Å². The van der Waals surface area contributed by atoms with Crippen LogP contribution in [-0.2, 0) is 10.0 Å². The van der Waals surface area contributed by atoms with Crippen LogP contribution in [0.5, 0.6) is 0 Å². The molecule has 0 aliphatic carbocycles. The van der Waals surface area contributed by atoms with E-state index in [0.29, 0.717) is 5.56 Å². The van der Waals surface area contributed by atoms with Gasteiger partial charge in [0.05, 0.1) is 16.8 Å². The topological polar surface area (TPSA) is 62.3 Å². The summed E-state index contributed by atoms with van der Waals surface area (Å²) in [5.41, 5.74) is 1.27. The quantitative estimate of drug-likeness (QED) is 0.879. The van der Waals surface area contributed by atoms with Gasteiger partial charge in [0.1, 0.15) is 11.6 Å². The predicted molar refractivity (Wildman–Crippen MR) is 89.7 cm³/mol. The standard InChI is InChI=1S/C16H20FN3O2S/c1-4-20(5-2)14-7-9-16(18-11-14)19-23(21,22)15-8-6-13(17)10-12(15)3/h6-11H,4-5H2,1-3H3,(H,18,19). The predicted octanol–water partition coefficient (Wildman–Crippen LogP) is 3.18. The molecule has 124 valence electrons. The van der Waals surface area contributed by atoms with Crippen molar-refractivity contribution in [2.45, 2.75) is 25.7 Å². The zero-order valence-corrected chi connectivity index (χ0v) is 14.2. The van der Waals surface area contributed by atoms with Crippen molar-refractivity contribution in [3.63, 3.8) is 0 Å². The molecule has 23 heavy (non-hydrogen) atoms. The molecular weight excluding hydrogens is 317 g/mol. The number of aryl methyl sites for hydroxylation is 1. The molecule has 0 spiro atoms. The molecule has 2 rings (SSSR count). The normalized spacial score (nSPS) is 11.3. The lowest BCUT2D eigenvalue weighted by molar-refractivity contribution is 0.598. The molecule has 1 N–H and O–H groups in total. The first kappa shape index (κ1) is 17.2. The molecule has 0 amide bonds. The lowest BCUT2D eigenvalue weighted by Crippen LogP contribution is -2.22. The van der Waals surface area contributed by atoms with Gasteiger partial charge in [-0.1, -0.05) is 0 Å². The first-order valence-electron chi connectivity index (χ1n) is 7.37. The average Bonchev–Trinajstić information content (AvgIpc) is 2.49. The molecule has 0 saturated heterocycles. The highest BCUT2D eigenvalue weighted by molar-refractivity contribution is 7.92. The minimum Gasteiger partial charge on any atom is -0.371 e. The second-order valence-electron chi connectivity index (χ2n) is 5.09. The Morgan fingerprint density at radius 2 is 1.87 bits per heavy atom. The van der Waals surface area contributed by atoms with Gasteiger partial charge in [-0.3, -0.25) is 4.72 Å². The number of hydrogen-bond donors (Lipinski definition) is 1. The molecule has 0 fully saturated rings. The number of hydrogen-bond acceptors (Lipinski definition) is 4. The molecule has 0 radical (unpaired) electrons. The van der Waals surface area contributed by atoms with E-state index in [-0.39, 0.29) is 10.7 Å². The van der Waals surface area contributed by atoms with Gasteiger partial charge in [0.15, 0.2) is 0 Å². The summed E-state index contributed by atoms with van der Waals surface area (Å²) in [5, 5.41) is 0. The maximum Gasteiger partial charge on any atom is 0.263 e. The Bertz CT molecular complexity index is 772. The number of benzene rings is 1. The number of rotatable bonds is 6. The van der Waals surface area contributed by atoms with Crippen LogP contribution in [0.4, 0.5) is 15.9 Å². The van der Waals surface area contributed by atoms with E-state index in [1.54, 1.807) is 19.2 Å². The molecule has 0 aliphatic rings. The smallest absolute Gasteiger partial charge is 0.263 e. The Balaban J connectivity index is 2.24. The Morgan fingerprint density at radius 3 is 2.39 bits per heavy atom. The highest BCUT2D eigenvalue weighted by Gasteiger charge is 2.18. The van der Waals surface area contributed by atoms with Gasteiger partial charge in [0, 0.05) is 13.1 Å². The van der Waals surface area contributed by atoms with Gasteiger partial charge in [-0.2, -0.15) is 0 Å². The molecule has 0 aliphatic heterocycles. The van der Waals surface area contributed by atoms with E-state index in [1.165, 1.54) is 12.1 Å². The van der Waals surface area contributed by atoms with Gasteiger partial charge >= 0.3 is 0 Å². The summed E-state index contributed by atoms with van der Waals surface area (Å²) in [6.45, 7) is 7.32. The van der Waals surface area contributed by atoms with Crippen LogP contribution in [0.2, 0.25) is 0 Å². The SMILES string of the molecule is CCN(CC)c1ccc(NS(=O)(=O)c2ccc(F)cc2C)nc1. The van der Waals surface area contributed by atoms with Crippen LogP contribution < -0.4 is 9.62 Å². The minimum atomic E-state index is -3.80. The summed E-state index contributed by atoms with van der Waals surface area (Å²) in [6.07, 6.45) is 1.63. The first-order valence-corrected chi connectivity index (χ1v) is 8.85. The summed E-state index contributed by atoms with van der Waals surface area (Å²) in [6, 6.07) is 6.99. The van der Waals surface area contributed by atoms with E-state index in [1.807, 2.05) is 19.9 Å². The zero-order valence-electron chi connectivity index (χ0n) is 13.4. The number of halogens is 1. The molecule has 2 aromatic rings. The second kappa shape index (κ2) is 6.95. The van der Waals surface area contributed by atoms with Gasteiger partial charge in [-0.25, -0.2) is 17.8 Å². The summed E-state index contributed by atoms with van der Waals surface area (Å²) < 4.78 is 40.3. The van der Waals surface area contributed by atoms with E-state index in [4.69, 9.17) is 0 Å². The van der Waals surface area contributed by atoms with Gasteiger partial charge in [0.2, 0.25) is 0 Å². The summed E-state index contributed by atoms with van der Waals surface area (Å²) in [7, 11) is -3.80. The third kappa shape index (κ3) is 3.98. The van der Waals surface area contributed by atoms with Crippen molar-refractivity contribution in [1.82, 2.24) is 4.98 Å². The number of nitrogens with zero attached hydrogens (tertiary/aromatic N) is 2. The van der Waals surface area contributed by atoms with E-state index in [9.17, 15) is 12.8 Å². The fourth-order valence-electron chi connectivity index (χ4n) is 2.33. The third-order valence-electron chi connectivity index (χ3n) is 3.54. The van der Waals surface area contributed by atoms with Crippen LogP contribution >= 0.6 is 0 Å². The van der Waals surface area contributed by atoms with E-state index < -0.39 is 15.8 Å². The Hall–Kier alpha value is -2.15. The molecule has 0 unspecified atom stereocenters. The van der Waals surface area contributed by atoms with Gasteiger partial charge in [-0.05, 0) is 56.7 Å². The monoisotopic (exact) mass is 337 g/mol. The summed E-state index contributed by atoms with van der Waals surface area (Å²) >= 11 is 0. The maximum absolute atomic E-state index is 13.1. The van der Waals surface area contributed by atoms with Crippen LogP contribution in [0.3, 0.4) is 0 Å². The van der Waals surface area contributed by atoms with Crippen molar-refractivity contribution < 1.29 is 12.8 Å². The highest BCUT2D eigenvalue weighted by atomic mass is 32.2. The number of anilines is 2. The molecule has 7 heteroatoms. The molecular formula is C16H20FN3O2S. The molecule has 1 heterocycles. The molecule has 1 aromatic carbocycles. The van der Waals surface area contributed by atoms with Crippen LogP contribution in [-0.4, -0.2) is 26.5 Å². The second-order valence-corrected chi connectivity index (χ2v) is 6.74. The van der Waals surface area contributed by atoms with Gasteiger partial charge < -0.3 is 4.90 Å². The largest absolute Gasteiger partial charge is 0.371 e. The van der Waals surface area contributed by atoms with Crippen molar-refractivity contribution in [3.05, 3.63) is 47.9 Å². The summed E-state index contributed by atoms with van der Waals surface area (Å²) in [5.74, 6) is -0.243. The molecule has 0 atom stereocenters. The third-order valence-corrected chi connectivity index (χ3v) is 5.06. The number of aromatic nitrogens is 1. The van der Waals surface area contributed by atoms with Crippen molar-refractivity contribution in [2.24, 2.45) is 0 Å². The molecule has 0 bridgehead atoms. The lowest BCUT2D eigenvalue weighted by atomic mass is 10.2. The van der Waals surface area contributed by atoms with Crippen LogP contribution in [0.1, 0.15) is 19.4 Å². The lowest BCUT2D eigenvalue weighted by Gasteiger charge is -2.20. The molecule has 0 saturated carbocycles. The van der Waals surface area contributed by atoms with Crippen LogP contribution in [0.15, 0.2) is 41.4 Å². The van der Waals surface area contributed by atoms with E-state index >= 15 is 0 Å². The fraction of sp³-hybridized carbons (Fsp3) is 0.312. The average molecular weight is 337 g/mol. The zero-order chi connectivity index (χ0) is 17.0. The number of nitrogens with one attached hydrogen (secondary N) is 1. The number of pyridine rings is 1. The fourth-order valence-corrected chi connectivity index (χ4v) is 3.57. The first-order chi connectivity index (χ1) is 10.9. The van der Waals surface area contributed by atoms with Crippen molar-refractivity contribution >= 4 is 21.5 Å². The molecule has 5 nitrogen and oxygen atoms in total. The van der Waals surface area contributed by atoms with Crippen molar-refractivity contribution in [3.8, 4) is 0 Å². The van der Waals surface area contributed by atoms with Crippen molar-refractivity contribution in [2.75, 3.05) is 22.7 Å². The Labute approximate surface area is 136 Å². The van der Waals surface area contributed by atoms with Crippen LogP contribution in [0.25, 0.3) is 0 Å². The van der Waals surface area contributed by atoms with Gasteiger partial charge in [0.25, 0.3) is 10.0 Å². The minimum absolute atomic E-state index is 0.0357. The van der Waals surface area contributed by atoms with E-state index in [0.717, 1.165) is 24.8 Å². The van der Waals surface area contributed by atoms with Crippen molar-refractivity contribution in [1.29, 1.82) is 0 Å². The Morgan fingerprint density at radius 1 is 1.17 bits per heavy atom. The highest BCUT2D eigenvalue weighted by Crippen LogP contribution is 2.20. The Kier molecular flexibility index (Phi) is 5.20. The van der Waals surface area contributed by atoms with Gasteiger partial charge in [-0.15, -0.1) is 0 Å². The van der Waals surface area contributed by atoms with E-state index in [2.05, 4.69) is 14.6 Å². The summed E-state index contributed by atoms with van der Waals surface area (Å²) in [4.78, 5) is 6.29. The maximum atomic E-state index is 13.1. The molecule has 1 aromatic heterocycles.